The van der Waals surface area contributed by atoms with Crippen molar-refractivity contribution >= 4 is 23.4 Å². The zero-order valence-electron chi connectivity index (χ0n) is 11.2. The minimum atomic E-state index is 0.270. The van der Waals surface area contributed by atoms with E-state index in [-0.39, 0.29) is 6.04 Å². The molecule has 0 aliphatic carbocycles. The maximum absolute atomic E-state index is 5.88. The summed E-state index contributed by atoms with van der Waals surface area (Å²) in [5.74, 6) is 2.93. The minimum absolute atomic E-state index is 0.270. The van der Waals surface area contributed by atoms with Crippen LogP contribution in [0.25, 0.3) is 0 Å². The quantitative estimate of drug-likeness (QED) is 0.840. The highest BCUT2D eigenvalue weighted by Crippen LogP contribution is 2.18. The van der Waals surface area contributed by atoms with Crippen molar-refractivity contribution in [2.45, 2.75) is 25.3 Å². The molecular weight excluding hydrogens is 278 g/mol. The van der Waals surface area contributed by atoms with Gasteiger partial charge in [0.2, 0.25) is 0 Å². The molecule has 19 heavy (non-hydrogen) atoms. The summed E-state index contributed by atoms with van der Waals surface area (Å²) in [5.41, 5.74) is 1.22. The Bertz CT molecular complexity index is 509. The van der Waals surface area contributed by atoms with Gasteiger partial charge < -0.3 is 9.73 Å². The summed E-state index contributed by atoms with van der Waals surface area (Å²) in [6.45, 7) is 2.87. The van der Waals surface area contributed by atoms with E-state index in [1.54, 1.807) is 11.8 Å². The van der Waals surface area contributed by atoms with Crippen molar-refractivity contribution in [2.24, 2.45) is 0 Å². The average molecular weight is 296 g/mol. The Balaban J connectivity index is 1.88. The van der Waals surface area contributed by atoms with Gasteiger partial charge in [0, 0.05) is 11.1 Å². The van der Waals surface area contributed by atoms with Crippen LogP contribution < -0.4 is 5.32 Å². The van der Waals surface area contributed by atoms with E-state index in [0.717, 1.165) is 28.8 Å². The predicted molar refractivity (Wildman–Crippen MR) is 82.6 cm³/mol. The Hall–Kier alpha value is -0.900. The highest BCUT2D eigenvalue weighted by molar-refractivity contribution is 7.97. The van der Waals surface area contributed by atoms with Crippen molar-refractivity contribution in [3.63, 3.8) is 0 Å². The third kappa shape index (κ3) is 4.30. The molecule has 4 heteroatoms. The Kier molecular flexibility index (Phi) is 5.37. The third-order valence-electron chi connectivity index (χ3n) is 2.96. The third-order valence-corrected chi connectivity index (χ3v) is 3.78. The lowest BCUT2D eigenvalue weighted by atomic mass is 10.1. The van der Waals surface area contributed by atoms with E-state index in [1.807, 2.05) is 36.4 Å². The van der Waals surface area contributed by atoms with Crippen LogP contribution in [-0.2, 0) is 12.3 Å². The molecule has 0 fully saturated rings. The predicted octanol–water partition coefficient (Wildman–Crippen LogP) is 4.65. The largest absolute Gasteiger partial charge is 0.464 e. The molecule has 0 aliphatic rings. The summed E-state index contributed by atoms with van der Waals surface area (Å²) in [7, 11) is 0. The fourth-order valence-corrected chi connectivity index (χ4v) is 2.43. The molecule has 1 N–H and O–H groups in total. The number of benzene rings is 1. The van der Waals surface area contributed by atoms with Gasteiger partial charge >= 0.3 is 0 Å². The topological polar surface area (TPSA) is 25.2 Å². The van der Waals surface area contributed by atoms with Gasteiger partial charge in [0.05, 0.1) is 12.3 Å². The molecule has 0 spiro atoms. The van der Waals surface area contributed by atoms with Crippen LogP contribution in [0.15, 0.2) is 40.8 Å². The van der Waals surface area contributed by atoms with Crippen molar-refractivity contribution in [2.75, 3.05) is 6.26 Å². The molecule has 1 aromatic carbocycles. The molecule has 2 rings (SSSR count). The molecule has 0 saturated carbocycles. The molecule has 0 aliphatic heterocycles. The Morgan fingerprint density at radius 2 is 1.84 bits per heavy atom. The minimum Gasteiger partial charge on any atom is -0.464 e. The van der Waals surface area contributed by atoms with Gasteiger partial charge in [0.1, 0.15) is 11.5 Å². The van der Waals surface area contributed by atoms with E-state index < -0.39 is 0 Å². The van der Waals surface area contributed by atoms with Gasteiger partial charge in [0.15, 0.2) is 0 Å². The van der Waals surface area contributed by atoms with E-state index >= 15 is 0 Å². The SMILES string of the molecule is CSCc1ccc(CN[C@H](C)c2ccc(Cl)cc2)o1. The number of rotatable bonds is 6. The lowest BCUT2D eigenvalue weighted by Gasteiger charge is -2.13. The maximum Gasteiger partial charge on any atom is 0.118 e. The van der Waals surface area contributed by atoms with Gasteiger partial charge in [-0.15, -0.1) is 0 Å². The van der Waals surface area contributed by atoms with E-state index in [4.69, 9.17) is 16.0 Å². The van der Waals surface area contributed by atoms with Crippen molar-refractivity contribution in [3.8, 4) is 0 Å². The molecule has 1 atom stereocenters. The first kappa shape index (κ1) is 14.5. The molecule has 0 radical (unpaired) electrons. The molecule has 0 unspecified atom stereocenters. The molecule has 1 aromatic heterocycles. The summed E-state index contributed by atoms with van der Waals surface area (Å²) in [6, 6.07) is 12.3. The molecule has 0 bridgehead atoms. The summed E-state index contributed by atoms with van der Waals surface area (Å²) in [5, 5.41) is 4.21. The van der Waals surface area contributed by atoms with Crippen LogP contribution in [-0.4, -0.2) is 6.26 Å². The molecule has 2 nitrogen and oxygen atoms in total. The van der Waals surface area contributed by atoms with Gasteiger partial charge in [-0.25, -0.2) is 0 Å². The Morgan fingerprint density at radius 3 is 2.53 bits per heavy atom. The van der Waals surface area contributed by atoms with Gasteiger partial charge in [-0.3, -0.25) is 0 Å². The van der Waals surface area contributed by atoms with Crippen molar-refractivity contribution < 1.29 is 4.42 Å². The second-order valence-electron chi connectivity index (χ2n) is 4.46. The van der Waals surface area contributed by atoms with Crippen LogP contribution in [0.4, 0.5) is 0 Å². The number of halogens is 1. The number of hydrogen-bond donors (Lipinski definition) is 1. The van der Waals surface area contributed by atoms with Crippen molar-refractivity contribution in [3.05, 3.63) is 58.5 Å². The number of furan rings is 1. The summed E-state index contributed by atoms with van der Waals surface area (Å²) in [4.78, 5) is 0. The summed E-state index contributed by atoms with van der Waals surface area (Å²) in [6.07, 6.45) is 2.07. The average Bonchev–Trinajstić information content (AvgIpc) is 2.85. The van der Waals surface area contributed by atoms with Crippen LogP contribution >= 0.6 is 23.4 Å². The summed E-state index contributed by atoms with van der Waals surface area (Å²) < 4.78 is 5.72. The van der Waals surface area contributed by atoms with E-state index in [9.17, 15) is 0 Å². The van der Waals surface area contributed by atoms with Gasteiger partial charge in [-0.05, 0) is 43.0 Å². The first-order valence-corrected chi connectivity index (χ1v) is 8.01. The van der Waals surface area contributed by atoms with E-state index in [1.165, 1.54) is 5.56 Å². The molecular formula is C15H18ClNOS. The van der Waals surface area contributed by atoms with Gasteiger partial charge in [-0.2, -0.15) is 11.8 Å². The second kappa shape index (κ2) is 7.04. The van der Waals surface area contributed by atoms with E-state index in [0.29, 0.717) is 0 Å². The number of hydrogen-bond acceptors (Lipinski definition) is 3. The van der Waals surface area contributed by atoms with Crippen molar-refractivity contribution in [1.82, 2.24) is 5.32 Å². The lowest BCUT2D eigenvalue weighted by Crippen LogP contribution is -2.17. The van der Waals surface area contributed by atoms with Gasteiger partial charge in [-0.1, -0.05) is 23.7 Å². The Labute approximate surface area is 123 Å². The zero-order chi connectivity index (χ0) is 13.7. The van der Waals surface area contributed by atoms with Crippen LogP contribution in [0.5, 0.6) is 0 Å². The zero-order valence-corrected chi connectivity index (χ0v) is 12.7. The van der Waals surface area contributed by atoms with Crippen molar-refractivity contribution in [1.29, 1.82) is 0 Å². The maximum atomic E-state index is 5.88. The number of thioether (sulfide) groups is 1. The summed E-state index contributed by atoms with van der Waals surface area (Å²) >= 11 is 7.65. The van der Waals surface area contributed by atoms with Crippen LogP contribution in [0, 0.1) is 0 Å². The fourth-order valence-electron chi connectivity index (χ4n) is 1.86. The van der Waals surface area contributed by atoms with Crippen LogP contribution in [0.2, 0.25) is 5.02 Å². The standard InChI is InChI=1S/C15H18ClNOS/c1-11(12-3-5-13(16)6-4-12)17-9-14-7-8-15(18-14)10-19-2/h3-8,11,17H,9-10H2,1-2H3/t11-/m1/s1. The highest BCUT2D eigenvalue weighted by atomic mass is 35.5. The van der Waals surface area contributed by atoms with Crippen LogP contribution in [0.1, 0.15) is 30.0 Å². The monoisotopic (exact) mass is 295 g/mol. The highest BCUT2D eigenvalue weighted by Gasteiger charge is 2.07. The second-order valence-corrected chi connectivity index (χ2v) is 5.76. The van der Waals surface area contributed by atoms with Gasteiger partial charge in [0.25, 0.3) is 0 Å². The molecule has 102 valence electrons. The molecule has 2 aromatic rings. The molecule has 1 heterocycles. The number of nitrogens with one attached hydrogen (secondary N) is 1. The first-order chi connectivity index (χ1) is 9.19. The molecule has 0 amide bonds. The smallest absolute Gasteiger partial charge is 0.118 e. The van der Waals surface area contributed by atoms with Crippen LogP contribution in [0.3, 0.4) is 0 Å². The normalized spacial score (nSPS) is 12.6. The lowest BCUT2D eigenvalue weighted by molar-refractivity contribution is 0.442. The fraction of sp³-hybridized carbons (Fsp3) is 0.333. The Morgan fingerprint density at radius 1 is 1.16 bits per heavy atom. The van der Waals surface area contributed by atoms with E-state index in [2.05, 4.69) is 18.5 Å². The molecule has 0 saturated heterocycles. The first-order valence-electron chi connectivity index (χ1n) is 6.24.